The number of benzene rings is 1. The van der Waals surface area contributed by atoms with Crippen molar-refractivity contribution in [2.24, 2.45) is 12.0 Å². The van der Waals surface area contributed by atoms with Crippen LogP contribution in [-0.4, -0.2) is 43.9 Å². The molecule has 0 atom stereocenters. The van der Waals surface area contributed by atoms with Crippen LogP contribution in [-0.2, 0) is 13.6 Å². The largest absolute Gasteiger partial charge is 0.378 e. The average molecular weight is 445 g/mol. The van der Waals surface area contributed by atoms with Gasteiger partial charge in [-0.1, -0.05) is 25.1 Å². The molecule has 0 spiro atoms. The molecule has 0 unspecified atom stereocenters. The third-order valence-corrected chi connectivity index (χ3v) is 5.08. The molecule has 0 radical (unpaired) electrons. The van der Waals surface area contributed by atoms with E-state index >= 15 is 0 Å². The Hall–Kier alpha value is -4.14. The predicted molar refractivity (Wildman–Crippen MR) is 130 cm³/mol. The zero-order chi connectivity index (χ0) is 23.6. The summed E-state index contributed by atoms with van der Waals surface area (Å²) in [4.78, 5) is 24.9. The molecule has 0 aliphatic rings. The number of aromatic nitrogens is 5. The lowest BCUT2D eigenvalue weighted by Gasteiger charge is -2.11. The van der Waals surface area contributed by atoms with Gasteiger partial charge in [-0.05, 0) is 49.9 Å². The summed E-state index contributed by atoms with van der Waals surface area (Å²) in [7, 11) is 1.88. The Morgan fingerprint density at radius 3 is 2.82 bits per heavy atom. The van der Waals surface area contributed by atoms with Crippen LogP contribution in [0.1, 0.15) is 36.5 Å². The fraction of sp³-hybridized carbons (Fsp3) is 0.250. The first-order valence-electron chi connectivity index (χ1n) is 10.7. The highest BCUT2D eigenvalue weighted by Crippen LogP contribution is 2.16. The van der Waals surface area contributed by atoms with Crippen LogP contribution in [0.25, 0.3) is 11.5 Å². The number of hydrogen-bond donors (Lipinski definition) is 2. The third-order valence-electron chi connectivity index (χ3n) is 5.08. The van der Waals surface area contributed by atoms with E-state index in [-0.39, 0.29) is 5.91 Å². The molecule has 33 heavy (non-hydrogen) atoms. The molecule has 0 saturated carbocycles. The number of nitrogens with zero attached hydrogens (tertiary/aromatic N) is 6. The van der Waals surface area contributed by atoms with Gasteiger partial charge in [0.1, 0.15) is 12.0 Å². The number of hydrogen-bond acceptors (Lipinski definition) is 7. The first-order chi connectivity index (χ1) is 16.1. The van der Waals surface area contributed by atoms with Gasteiger partial charge in [0, 0.05) is 24.5 Å². The third kappa shape index (κ3) is 5.97. The Kier molecular flexibility index (Phi) is 8.18. The second kappa shape index (κ2) is 11.5. The van der Waals surface area contributed by atoms with E-state index in [1.54, 1.807) is 24.4 Å². The van der Waals surface area contributed by atoms with E-state index < -0.39 is 0 Å². The lowest BCUT2D eigenvalue weighted by atomic mass is 10.1. The van der Waals surface area contributed by atoms with Gasteiger partial charge in [0.15, 0.2) is 11.6 Å². The zero-order valence-electron chi connectivity index (χ0n) is 19.1. The maximum atomic E-state index is 12.7. The topological polar surface area (TPSA) is 110 Å². The van der Waals surface area contributed by atoms with Crippen LogP contribution >= 0.6 is 0 Å². The Morgan fingerprint density at radius 1 is 1.27 bits per heavy atom. The van der Waals surface area contributed by atoms with Gasteiger partial charge in [0.25, 0.3) is 5.91 Å². The molecule has 2 aromatic heterocycles. The summed E-state index contributed by atoms with van der Waals surface area (Å²) >= 11 is 0. The van der Waals surface area contributed by atoms with Crippen LogP contribution in [0.4, 0.5) is 5.69 Å². The van der Waals surface area contributed by atoms with Gasteiger partial charge >= 0.3 is 0 Å². The van der Waals surface area contributed by atoms with Gasteiger partial charge in [0.05, 0.1) is 18.8 Å². The van der Waals surface area contributed by atoms with Crippen LogP contribution in [0.15, 0.2) is 71.3 Å². The van der Waals surface area contributed by atoms with Crippen molar-refractivity contribution < 1.29 is 4.79 Å². The Bertz CT molecular complexity index is 1160. The van der Waals surface area contributed by atoms with Crippen LogP contribution in [0, 0.1) is 0 Å². The minimum atomic E-state index is -0.180. The van der Waals surface area contributed by atoms with Crippen molar-refractivity contribution in [3.8, 4) is 11.5 Å². The van der Waals surface area contributed by atoms with Gasteiger partial charge in [-0.3, -0.25) is 9.79 Å². The van der Waals surface area contributed by atoms with Crippen molar-refractivity contribution in [3.05, 3.63) is 77.7 Å². The number of carbonyl (C=O) groups excluding carboxylic acids is 1. The van der Waals surface area contributed by atoms with Crippen molar-refractivity contribution >= 4 is 18.3 Å². The normalized spacial score (nSPS) is 11.8. The molecule has 170 valence electrons. The highest BCUT2D eigenvalue weighted by Gasteiger charge is 2.12. The molecule has 2 heterocycles. The Balaban J connectivity index is 1.65. The molecule has 0 aliphatic heterocycles. The van der Waals surface area contributed by atoms with E-state index in [9.17, 15) is 4.79 Å². The Morgan fingerprint density at radius 2 is 2.12 bits per heavy atom. The van der Waals surface area contributed by atoms with Gasteiger partial charge < -0.3 is 15.2 Å². The van der Waals surface area contributed by atoms with Gasteiger partial charge in [-0.2, -0.15) is 0 Å². The average Bonchev–Trinajstić information content (AvgIpc) is 3.23. The van der Waals surface area contributed by atoms with Crippen molar-refractivity contribution in [3.63, 3.8) is 0 Å². The summed E-state index contributed by atoms with van der Waals surface area (Å²) < 4.78 is 1.87. The lowest BCUT2D eigenvalue weighted by Crippen LogP contribution is -2.25. The number of anilines is 1. The van der Waals surface area contributed by atoms with Crippen LogP contribution in [0.3, 0.4) is 0 Å². The number of rotatable bonds is 10. The second-order valence-corrected chi connectivity index (χ2v) is 7.19. The van der Waals surface area contributed by atoms with E-state index in [1.165, 1.54) is 6.33 Å². The van der Waals surface area contributed by atoms with Gasteiger partial charge in [-0.25, -0.2) is 9.97 Å². The molecule has 0 fully saturated rings. The molecular weight excluding hydrogens is 416 g/mol. The number of allylic oxidation sites excluding steroid dienone is 3. The minimum Gasteiger partial charge on any atom is -0.378 e. The molecule has 0 saturated heterocycles. The summed E-state index contributed by atoms with van der Waals surface area (Å²) in [6, 6.07) is 9.09. The molecular formula is C24H28N8O. The summed E-state index contributed by atoms with van der Waals surface area (Å²) in [5.74, 6) is 1.22. The Labute approximate surface area is 193 Å². The predicted octanol–water partition coefficient (Wildman–Crippen LogP) is 3.55. The van der Waals surface area contributed by atoms with E-state index in [0.717, 1.165) is 29.2 Å². The molecule has 3 rings (SSSR count). The lowest BCUT2D eigenvalue weighted by molar-refractivity contribution is 0.0957. The SMILES string of the molecule is C=N/C(CNC(=O)c1cccc(NCc2nnc(-c3ccncn3)n2C)c1)=C(\C=C/C)CC. The first-order valence-corrected chi connectivity index (χ1v) is 10.7. The van der Waals surface area contributed by atoms with Gasteiger partial charge in [0.2, 0.25) is 0 Å². The number of amides is 1. The van der Waals surface area contributed by atoms with Crippen LogP contribution in [0.5, 0.6) is 0 Å². The molecule has 9 heteroatoms. The fourth-order valence-electron chi connectivity index (χ4n) is 3.27. The molecule has 3 aromatic rings. The highest BCUT2D eigenvalue weighted by molar-refractivity contribution is 5.95. The maximum Gasteiger partial charge on any atom is 0.251 e. The fourth-order valence-corrected chi connectivity index (χ4v) is 3.27. The second-order valence-electron chi connectivity index (χ2n) is 7.19. The van der Waals surface area contributed by atoms with Crippen LogP contribution in [0.2, 0.25) is 0 Å². The first kappa shape index (κ1) is 23.5. The van der Waals surface area contributed by atoms with E-state index in [4.69, 9.17) is 0 Å². The number of nitrogens with one attached hydrogen (secondary N) is 2. The van der Waals surface area contributed by atoms with Crippen molar-refractivity contribution in [1.82, 2.24) is 30.0 Å². The van der Waals surface area contributed by atoms with Crippen LogP contribution < -0.4 is 10.6 Å². The molecule has 0 aliphatic carbocycles. The quantitative estimate of drug-likeness (QED) is 0.365. The van der Waals surface area contributed by atoms with E-state index in [0.29, 0.717) is 30.2 Å². The monoisotopic (exact) mass is 444 g/mol. The zero-order valence-corrected chi connectivity index (χ0v) is 19.1. The van der Waals surface area contributed by atoms with Crippen molar-refractivity contribution in [1.29, 1.82) is 0 Å². The highest BCUT2D eigenvalue weighted by atomic mass is 16.1. The molecule has 9 nitrogen and oxygen atoms in total. The summed E-state index contributed by atoms with van der Waals surface area (Å²) in [5.41, 5.74) is 3.86. The summed E-state index contributed by atoms with van der Waals surface area (Å²) in [6.07, 6.45) is 7.90. The molecule has 2 N–H and O–H groups in total. The summed E-state index contributed by atoms with van der Waals surface area (Å²) in [5, 5.41) is 14.7. The molecule has 0 bridgehead atoms. The minimum absolute atomic E-state index is 0.180. The van der Waals surface area contributed by atoms with Gasteiger partial charge in [-0.15, -0.1) is 10.2 Å². The van der Waals surface area contributed by atoms with E-state index in [2.05, 4.69) is 42.5 Å². The summed E-state index contributed by atoms with van der Waals surface area (Å²) in [6.45, 7) is 8.39. The smallest absolute Gasteiger partial charge is 0.251 e. The number of aliphatic imine (C=N–C) groups is 1. The molecule has 1 amide bonds. The standard InChI is InChI=1S/C24H28N8O/c1-5-8-17(6-2)21(25-3)14-28-24(33)18-9-7-10-19(13-18)27-15-22-30-31-23(32(22)4)20-11-12-26-16-29-20/h5,7-13,16,27H,3,6,14-15H2,1-2,4H3,(H,28,33)/b8-5-,21-17-. The van der Waals surface area contributed by atoms with Crippen molar-refractivity contribution in [2.45, 2.75) is 26.8 Å². The van der Waals surface area contributed by atoms with Crippen molar-refractivity contribution in [2.75, 3.05) is 11.9 Å². The molecule has 1 aromatic carbocycles. The number of carbonyl (C=O) groups is 1. The maximum absolute atomic E-state index is 12.7. The van der Waals surface area contributed by atoms with E-state index in [1.807, 2.05) is 49.7 Å².